The molecule has 7 heteroatoms. The number of piperazine rings is 1. The summed E-state index contributed by atoms with van der Waals surface area (Å²) < 4.78 is 4.99. The summed E-state index contributed by atoms with van der Waals surface area (Å²) in [5.41, 5.74) is 0. The Morgan fingerprint density at radius 3 is 2.61 bits per heavy atom. The molecule has 0 radical (unpaired) electrons. The predicted octanol–water partition coefficient (Wildman–Crippen LogP) is 0.172. The zero-order valence-corrected chi connectivity index (χ0v) is 12.7. The van der Waals surface area contributed by atoms with Gasteiger partial charge in [-0.05, 0) is 18.2 Å². The number of nitrogens with one attached hydrogen (secondary N) is 2. The van der Waals surface area contributed by atoms with Crippen LogP contribution in [0.3, 0.4) is 0 Å². The lowest BCUT2D eigenvalue weighted by molar-refractivity contribution is -0.364. The van der Waals surface area contributed by atoms with E-state index in [2.05, 4.69) is 15.2 Å². The fourth-order valence-electron chi connectivity index (χ4n) is 2.54. The van der Waals surface area contributed by atoms with Gasteiger partial charge in [-0.15, -0.1) is 0 Å². The lowest BCUT2D eigenvalue weighted by atomic mass is 10.3. The van der Waals surface area contributed by atoms with Gasteiger partial charge in [0.25, 0.3) is 11.7 Å². The highest BCUT2D eigenvalue weighted by atomic mass is 16.3. The van der Waals surface area contributed by atoms with Crippen molar-refractivity contribution in [2.75, 3.05) is 37.6 Å². The third kappa shape index (κ3) is 3.68. The lowest BCUT2D eigenvalue weighted by Crippen LogP contribution is -2.52. The quantitative estimate of drug-likeness (QED) is 0.872. The molecule has 0 aliphatic carbocycles. The summed E-state index contributed by atoms with van der Waals surface area (Å²) in [6, 6.07) is 9.13. The van der Waals surface area contributed by atoms with Crippen LogP contribution in [0.1, 0.15) is 10.6 Å². The summed E-state index contributed by atoms with van der Waals surface area (Å²) in [7, 11) is 0. The molecule has 3 heterocycles. The lowest BCUT2D eigenvalue weighted by Gasteiger charge is -2.31. The van der Waals surface area contributed by atoms with Crippen molar-refractivity contribution < 1.29 is 19.0 Å². The summed E-state index contributed by atoms with van der Waals surface area (Å²) >= 11 is 0. The molecule has 1 aliphatic heterocycles. The Bertz CT molecular complexity index is 649. The minimum absolute atomic E-state index is 0.0169. The topological polar surface area (TPSA) is 79.9 Å². The number of aromatic nitrogens is 1. The third-order valence-electron chi connectivity index (χ3n) is 3.81. The van der Waals surface area contributed by atoms with Crippen molar-refractivity contribution in [1.29, 1.82) is 0 Å². The Morgan fingerprint density at radius 1 is 1.13 bits per heavy atom. The number of pyridine rings is 1. The van der Waals surface area contributed by atoms with Crippen molar-refractivity contribution in [2.24, 2.45) is 0 Å². The van der Waals surface area contributed by atoms with E-state index in [1.807, 2.05) is 24.4 Å². The molecule has 120 valence electrons. The highest BCUT2D eigenvalue weighted by Gasteiger charge is 2.26. The first-order valence-electron chi connectivity index (χ1n) is 7.55. The van der Waals surface area contributed by atoms with E-state index >= 15 is 0 Å². The first-order chi connectivity index (χ1) is 11.2. The van der Waals surface area contributed by atoms with E-state index in [1.54, 1.807) is 17.0 Å². The van der Waals surface area contributed by atoms with Crippen LogP contribution in [0, 0.1) is 0 Å². The zero-order chi connectivity index (χ0) is 16.1. The normalized spacial score (nSPS) is 14.6. The van der Waals surface area contributed by atoms with Crippen LogP contribution < -0.4 is 15.2 Å². The van der Waals surface area contributed by atoms with Gasteiger partial charge in [0, 0.05) is 6.07 Å². The minimum Gasteiger partial charge on any atom is -0.459 e. The molecule has 3 rings (SSSR count). The number of aromatic amines is 1. The van der Waals surface area contributed by atoms with E-state index < -0.39 is 0 Å². The third-order valence-corrected chi connectivity index (χ3v) is 3.81. The largest absolute Gasteiger partial charge is 0.459 e. The highest BCUT2D eigenvalue weighted by molar-refractivity contribution is 5.94. The van der Waals surface area contributed by atoms with Crippen LogP contribution in [-0.2, 0) is 4.79 Å². The second-order valence-corrected chi connectivity index (χ2v) is 5.28. The van der Waals surface area contributed by atoms with Gasteiger partial charge in [0.1, 0.15) is 13.1 Å². The van der Waals surface area contributed by atoms with Gasteiger partial charge in [0.05, 0.1) is 32.1 Å². The Morgan fingerprint density at radius 2 is 1.96 bits per heavy atom. The Hall–Kier alpha value is -2.83. The number of carbonyl (C=O) groups is 2. The molecule has 0 spiro atoms. The molecular weight excluding hydrogens is 296 g/mol. The van der Waals surface area contributed by atoms with E-state index in [4.69, 9.17) is 4.42 Å². The first-order valence-corrected chi connectivity index (χ1v) is 7.55. The average molecular weight is 315 g/mol. The van der Waals surface area contributed by atoms with Gasteiger partial charge in [0.2, 0.25) is 5.91 Å². The van der Waals surface area contributed by atoms with Gasteiger partial charge in [0.15, 0.2) is 5.76 Å². The monoisotopic (exact) mass is 315 g/mol. The second-order valence-electron chi connectivity index (χ2n) is 5.28. The summed E-state index contributed by atoms with van der Waals surface area (Å²) in [5.74, 6) is 0.801. The van der Waals surface area contributed by atoms with Crippen molar-refractivity contribution in [1.82, 2.24) is 10.2 Å². The molecule has 1 saturated heterocycles. The maximum atomic E-state index is 12.2. The minimum atomic E-state index is -0.374. The summed E-state index contributed by atoms with van der Waals surface area (Å²) in [6.07, 6.45) is 3.31. The fraction of sp³-hybridized carbons (Fsp3) is 0.312. The van der Waals surface area contributed by atoms with Gasteiger partial charge in [-0.2, -0.15) is 0 Å². The summed E-state index contributed by atoms with van der Waals surface area (Å²) in [4.78, 5) is 31.1. The number of amides is 2. The van der Waals surface area contributed by atoms with Crippen LogP contribution in [0.4, 0.5) is 5.82 Å². The molecule has 1 fully saturated rings. The molecule has 7 nitrogen and oxygen atoms in total. The van der Waals surface area contributed by atoms with Crippen molar-refractivity contribution in [2.45, 2.75) is 0 Å². The van der Waals surface area contributed by atoms with Crippen LogP contribution in [0.5, 0.6) is 0 Å². The first kappa shape index (κ1) is 15.1. The van der Waals surface area contributed by atoms with Crippen LogP contribution in [0.2, 0.25) is 0 Å². The molecular formula is C16H19N4O3+. The SMILES string of the molecule is O=C(NCC(=O)N1CCN(c2cccc[nH+]2)CC1)c1ccco1. The number of H-pyrrole nitrogens is 1. The highest BCUT2D eigenvalue weighted by Crippen LogP contribution is 2.09. The average Bonchev–Trinajstić information content (AvgIpc) is 3.15. The van der Waals surface area contributed by atoms with Crippen LogP contribution in [-0.4, -0.2) is 49.4 Å². The Labute approximate surface area is 133 Å². The number of anilines is 1. The van der Waals surface area contributed by atoms with Crippen LogP contribution >= 0.6 is 0 Å². The van der Waals surface area contributed by atoms with E-state index in [-0.39, 0.29) is 24.1 Å². The van der Waals surface area contributed by atoms with Crippen molar-refractivity contribution >= 4 is 17.6 Å². The number of rotatable bonds is 4. The molecule has 1 aliphatic rings. The van der Waals surface area contributed by atoms with Crippen molar-refractivity contribution in [3.8, 4) is 0 Å². The molecule has 0 aromatic carbocycles. The standard InChI is InChI=1S/C16H18N4O3/c21-15(12-18-16(22)13-4-3-11-23-13)20-9-7-19(8-10-20)14-5-1-2-6-17-14/h1-6,11H,7-10,12H2,(H,18,22)/p+1. The molecule has 2 N–H and O–H groups in total. The molecule has 0 saturated carbocycles. The van der Waals surface area contributed by atoms with E-state index in [0.717, 1.165) is 18.9 Å². The van der Waals surface area contributed by atoms with Gasteiger partial charge in [-0.3, -0.25) is 14.5 Å². The molecule has 2 aromatic rings. The van der Waals surface area contributed by atoms with Gasteiger partial charge in [-0.25, -0.2) is 4.98 Å². The number of furan rings is 1. The van der Waals surface area contributed by atoms with E-state index in [9.17, 15) is 9.59 Å². The van der Waals surface area contributed by atoms with E-state index in [0.29, 0.717) is 13.1 Å². The smallest absolute Gasteiger partial charge is 0.287 e. The van der Waals surface area contributed by atoms with Gasteiger partial charge >= 0.3 is 0 Å². The fourth-order valence-corrected chi connectivity index (χ4v) is 2.54. The number of hydrogen-bond donors (Lipinski definition) is 1. The number of hydrogen-bond acceptors (Lipinski definition) is 4. The van der Waals surface area contributed by atoms with Crippen LogP contribution in [0.25, 0.3) is 0 Å². The summed E-state index contributed by atoms with van der Waals surface area (Å²) in [6.45, 7) is 2.78. The molecule has 23 heavy (non-hydrogen) atoms. The molecule has 2 amide bonds. The maximum Gasteiger partial charge on any atom is 0.287 e. The molecule has 0 atom stereocenters. The molecule has 0 unspecified atom stereocenters. The summed E-state index contributed by atoms with van der Waals surface area (Å²) in [5, 5.41) is 2.58. The van der Waals surface area contributed by atoms with Crippen molar-refractivity contribution in [3.05, 3.63) is 48.6 Å². The van der Waals surface area contributed by atoms with Gasteiger partial charge in [-0.1, -0.05) is 6.07 Å². The number of carbonyl (C=O) groups excluding carboxylic acids is 2. The zero-order valence-electron chi connectivity index (χ0n) is 12.7. The maximum absolute atomic E-state index is 12.2. The second kappa shape index (κ2) is 6.95. The van der Waals surface area contributed by atoms with E-state index in [1.165, 1.54) is 6.26 Å². The Balaban J connectivity index is 1.46. The van der Waals surface area contributed by atoms with Gasteiger partial charge < -0.3 is 14.6 Å². The predicted molar refractivity (Wildman–Crippen MR) is 82.8 cm³/mol. The molecule has 0 bridgehead atoms. The Kier molecular flexibility index (Phi) is 4.56. The van der Waals surface area contributed by atoms with Crippen molar-refractivity contribution in [3.63, 3.8) is 0 Å². The number of nitrogens with zero attached hydrogens (tertiary/aromatic N) is 2. The molecule has 2 aromatic heterocycles. The van der Waals surface area contributed by atoms with Crippen LogP contribution in [0.15, 0.2) is 47.2 Å².